The number of benzene rings is 2. The zero-order chi connectivity index (χ0) is 13.8. The Morgan fingerprint density at radius 3 is 2.55 bits per heavy atom. The maximum Gasteiger partial charge on any atom is 0.123 e. The van der Waals surface area contributed by atoms with Gasteiger partial charge in [-0.1, -0.05) is 68.3 Å². The summed E-state index contributed by atoms with van der Waals surface area (Å²) in [6, 6.07) is 19.5. The van der Waals surface area contributed by atoms with Crippen LogP contribution in [-0.4, -0.2) is 6.61 Å². The van der Waals surface area contributed by atoms with E-state index in [0.29, 0.717) is 0 Å². The lowest BCUT2D eigenvalue weighted by Crippen LogP contribution is -2.34. The Bertz CT molecular complexity index is 561. The molecular formula is C19H22O. The zero-order valence-corrected chi connectivity index (χ0v) is 12.1. The van der Waals surface area contributed by atoms with Gasteiger partial charge in [-0.3, -0.25) is 0 Å². The van der Waals surface area contributed by atoms with Crippen LogP contribution in [0.3, 0.4) is 0 Å². The molecule has 1 heterocycles. The molecule has 1 atom stereocenters. The summed E-state index contributed by atoms with van der Waals surface area (Å²) in [6.45, 7) is 3.08. The normalized spacial score (nSPS) is 21.1. The summed E-state index contributed by atoms with van der Waals surface area (Å²) in [5.74, 6) is 1.07. The van der Waals surface area contributed by atoms with Crippen LogP contribution in [0.2, 0.25) is 0 Å². The highest BCUT2D eigenvalue weighted by Crippen LogP contribution is 2.46. The van der Waals surface area contributed by atoms with Crippen LogP contribution in [0.25, 0.3) is 0 Å². The molecule has 0 radical (unpaired) electrons. The quantitative estimate of drug-likeness (QED) is 0.761. The first-order chi connectivity index (χ1) is 9.87. The van der Waals surface area contributed by atoms with Gasteiger partial charge in [0.2, 0.25) is 0 Å². The average molecular weight is 266 g/mol. The summed E-state index contributed by atoms with van der Waals surface area (Å²) in [4.78, 5) is 0. The minimum atomic E-state index is 0.131. The SMILES string of the molecule is CCCCC1(c2ccccc2)CCOc2ccccc21. The summed E-state index contributed by atoms with van der Waals surface area (Å²) >= 11 is 0. The van der Waals surface area contributed by atoms with Gasteiger partial charge in [0.15, 0.2) is 0 Å². The lowest BCUT2D eigenvalue weighted by atomic mass is 9.68. The largest absolute Gasteiger partial charge is 0.493 e. The lowest BCUT2D eigenvalue weighted by Gasteiger charge is -2.39. The minimum Gasteiger partial charge on any atom is -0.493 e. The molecule has 3 rings (SSSR count). The van der Waals surface area contributed by atoms with Crippen molar-refractivity contribution >= 4 is 0 Å². The van der Waals surface area contributed by atoms with Gasteiger partial charge >= 0.3 is 0 Å². The van der Waals surface area contributed by atoms with Crippen LogP contribution in [-0.2, 0) is 5.41 Å². The highest BCUT2D eigenvalue weighted by atomic mass is 16.5. The predicted molar refractivity (Wildman–Crippen MR) is 83.3 cm³/mol. The smallest absolute Gasteiger partial charge is 0.123 e. The molecule has 1 heteroatoms. The standard InChI is InChI=1S/C19H22O/c1-2-3-13-19(16-9-5-4-6-10-16)14-15-20-18-12-8-7-11-17(18)19/h4-12H,2-3,13-15H2,1H3. The van der Waals surface area contributed by atoms with Gasteiger partial charge in [-0.15, -0.1) is 0 Å². The molecule has 0 fully saturated rings. The lowest BCUT2D eigenvalue weighted by molar-refractivity contribution is 0.226. The minimum absolute atomic E-state index is 0.131. The Morgan fingerprint density at radius 1 is 1.00 bits per heavy atom. The van der Waals surface area contributed by atoms with Crippen molar-refractivity contribution in [2.75, 3.05) is 6.61 Å². The van der Waals surface area contributed by atoms with Crippen LogP contribution < -0.4 is 4.74 Å². The van der Waals surface area contributed by atoms with Gasteiger partial charge in [0.25, 0.3) is 0 Å². The van der Waals surface area contributed by atoms with E-state index >= 15 is 0 Å². The van der Waals surface area contributed by atoms with E-state index in [9.17, 15) is 0 Å². The second-order valence-electron chi connectivity index (χ2n) is 5.65. The van der Waals surface area contributed by atoms with Crippen molar-refractivity contribution in [1.29, 1.82) is 0 Å². The third-order valence-corrected chi connectivity index (χ3v) is 4.47. The van der Waals surface area contributed by atoms with Crippen molar-refractivity contribution in [3.8, 4) is 5.75 Å². The van der Waals surface area contributed by atoms with Gasteiger partial charge in [-0.2, -0.15) is 0 Å². The van der Waals surface area contributed by atoms with E-state index < -0.39 is 0 Å². The second kappa shape index (κ2) is 5.70. The number of fused-ring (bicyclic) bond motifs is 1. The van der Waals surface area contributed by atoms with Crippen molar-refractivity contribution < 1.29 is 4.74 Å². The maximum atomic E-state index is 5.88. The number of hydrogen-bond acceptors (Lipinski definition) is 1. The Morgan fingerprint density at radius 2 is 1.75 bits per heavy atom. The Kier molecular flexibility index (Phi) is 3.77. The van der Waals surface area contributed by atoms with Crippen LogP contribution in [0.15, 0.2) is 54.6 Å². The van der Waals surface area contributed by atoms with Crippen LogP contribution in [0.4, 0.5) is 0 Å². The number of rotatable bonds is 4. The van der Waals surface area contributed by atoms with Gasteiger partial charge in [0.1, 0.15) is 5.75 Å². The predicted octanol–water partition coefficient (Wildman–Crippen LogP) is 4.95. The van der Waals surface area contributed by atoms with Crippen molar-refractivity contribution in [3.05, 3.63) is 65.7 Å². The van der Waals surface area contributed by atoms with E-state index in [0.717, 1.165) is 18.8 Å². The maximum absolute atomic E-state index is 5.88. The van der Waals surface area contributed by atoms with Gasteiger partial charge in [-0.05, 0) is 24.5 Å². The van der Waals surface area contributed by atoms with Gasteiger partial charge in [-0.25, -0.2) is 0 Å². The third-order valence-electron chi connectivity index (χ3n) is 4.47. The summed E-state index contributed by atoms with van der Waals surface area (Å²) in [6.07, 6.45) is 4.77. The number of unbranched alkanes of at least 4 members (excludes halogenated alkanes) is 1. The zero-order valence-electron chi connectivity index (χ0n) is 12.1. The van der Waals surface area contributed by atoms with E-state index in [1.165, 1.54) is 30.4 Å². The molecule has 0 bridgehead atoms. The molecule has 0 saturated heterocycles. The van der Waals surface area contributed by atoms with Crippen molar-refractivity contribution in [2.24, 2.45) is 0 Å². The fraction of sp³-hybridized carbons (Fsp3) is 0.368. The van der Waals surface area contributed by atoms with Gasteiger partial charge in [0.05, 0.1) is 6.61 Å². The van der Waals surface area contributed by atoms with Gasteiger partial charge < -0.3 is 4.74 Å². The summed E-state index contributed by atoms with van der Waals surface area (Å²) < 4.78 is 5.88. The molecule has 0 aliphatic carbocycles. The van der Waals surface area contributed by atoms with E-state index in [1.54, 1.807) is 0 Å². The number of hydrogen-bond donors (Lipinski definition) is 0. The first-order valence-electron chi connectivity index (χ1n) is 7.65. The van der Waals surface area contributed by atoms with Crippen molar-refractivity contribution in [2.45, 2.75) is 38.0 Å². The van der Waals surface area contributed by atoms with E-state index in [-0.39, 0.29) is 5.41 Å². The molecule has 1 aliphatic rings. The molecule has 1 aliphatic heterocycles. The molecule has 104 valence electrons. The summed E-state index contributed by atoms with van der Waals surface area (Å²) in [5.41, 5.74) is 2.93. The van der Waals surface area contributed by atoms with Crippen molar-refractivity contribution in [3.63, 3.8) is 0 Å². The summed E-state index contributed by atoms with van der Waals surface area (Å²) in [7, 11) is 0. The molecule has 0 saturated carbocycles. The van der Waals surface area contributed by atoms with Crippen LogP contribution >= 0.6 is 0 Å². The molecule has 1 unspecified atom stereocenters. The molecule has 0 aromatic heterocycles. The highest BCUT2D eigenvalue weighted by Gasteiger charge is 2.38. The first-order valence-corrected chi connectivity index (χ1v) is 7.65. The van der Waals surface area contributed by atoms with Crippen molar-refractivity contribution in [1.82, 2.24) is 0 Å². The number of para-hydroxylation sites is 1. The molecule has 0 amide bonds. The Balaban J connectivity index is 2.12. The number of ether oxygens (including phenoxy) is 1. The molecule has 0 N–H and O–H groups in total. The topological polar surface area (TPSA) is 9.23 Å². The molecular weight excluding hydrogens is 244 g/mol. The van der Waals surface area contributed by atoms with E-state index in [2.05, 4.69) is 61.5 Å². The molecule has 20 heavy (non-hydrogen) atoms. The molecule has 1 nitrogen and oxygen atoms in total. The van der Waals surface area contributed by atoms with E-state index in [4.69, 9.17) is 4.74 Å². The van der Waals surface area contributed by atoms with Crippen LogP contribution in [0, 0.1) is 0 Å². The Hall–Kier alpha value is -1.76. The fourth-order valence-electron chi connectivity index (χ4n) is 3.40. The summed E-state index contributed by atoms with van der Waals surface area (Å²) in [5, 5.41) is 0. The van der Waals surface area contributed by atoms with E-state index in [1.807, 2.05) is 0 Å². The molecule has 2 aromatic rings. The second-order valence-corrected chi connectivity index (χ2v) is 5.65. The average Bonchev–Trinajstić information content (AvgIpc) is 2.54. The molecule has 0 spiro atoms. The monoisotopic (exact) mass is 266 g/mol. The van der Waals surface area contributed by atoms with Gasteiger partial charge in [0, 0.05) is 11.0 Å². The third kappa shape index (κ3) is 2.22. The van der Waals surface area contributed by atoms with Crippen LogP contribution in [0.1, 0.15) is 43.7 Å². The molecule has 2 aromatic carbocycles. The Labute approximate surface area is 121 Å². The first kappa shape index (κ1) is 13.2. The van der Waals surface area contributed by atoms with Crippen LogP contribution in [0.5, 0.6) is 5.75 Å². The fourth-order valence-corrected chi connectivity index (χ4v) is 3.40. The highest BCUT2D eigenvalue weighted by molar-refractivity contribution is 5.48.